The maximum atomic E-state index is 13.9. The molecular weight excluding hydrogens is 494 g/mol. The summed E-state index contributed by atoms with van der Waals surface area (Å²) in [6.07, 6.45) is 7.78. The van der Waals surface area contributed by atoms with Gasteiger partial charge in [0.15, 0.2) is 5.78 Å². The van der Waals surface area contributed by atoms with E-state index in [4.69, 9.17) is 0 Å². The Morgan fingerprint density at radius 2 is 1.65 bits per heavy atom. The van der Waals surface area contributed by atoms with E-state index in [0.29, 0.717) is 12.3 Å². The van der Waals surface area contributed by atoms with Gasteiger partial charge in [-0.1, -0.05) is 80.1 Å². The summed E-state index contributed by atoms with van der Waals surface area (Å²) in [6.45, 7) is 6.94. The van der Waals surface area contributed by atoms with Crippen molar-refractivity contribution in [2.24, 2.45) is 0 Å². The van der Waals surface area contributed by atoms with Crippen molar-refractivity contribution in [3.05, 3.63) is 83.9 Å². The van der Waals surface area contributed by atoms with Gasteiger partial charge in [-0.15, -0.1) is 0 Å². The third-order valence-electron chi connectivity index (χ3n) is 8.97. The summed E-state index contributed by atoms with van der Waals surface area (Å²) in [5, 5.41) is 5.99. The largest absolute Gasteiger partial charge is 0.341 e. The van der Waals surface area contributed by atoms with Gasteiger partial charge < -0.3 is 15.1 Å². The number of benzene rings is 3. The Bertz CT molecular complexity index is 1250. The van der Waals surface area contributed by atoms with Crippen LogP contribution in [0.5, 0.6) is 0 Å². The highest BCUT2D eigenvalue weighted by Crippen LogP contribution is 2.24. The van der Waals surface area contributed by atoms with Crippen LogP contribution in [0.3, 0.4) is 0 Å². The minimum absolute atomic E-state index is 0.154. The molecule has 5 rings (SSSR count). The minimum atomic E-state index is -0.196. The first-order chi connectivity index (χ1) is 19.6. The van der Waals surface area contributed by atoms with Crippen LogP contribution in [0.25, 0.3) is 10.8 Å². The van der Waals surface area contributed by atoms with Gasteiger partial charge in [0.1, 0.15) is 0 Å². The third-order valence-corrected chi connectivity index (χ3v) is 8.97. The molecule has 0 aliphatic carbocycles. The number of Topliss-reactive ketones (excluding diaryl/α,β-unsaturated/α-hetero) is 1. The molecule has 2 heterocycles. The van der Waals surface area contributed by atoms with Crippen LogP contribution in [0, 0.1) is 0 Å². The Labute approximate surface area is 239 Å². The molecule has 0 bridgehead atoms. The third kappa shape index (κ3) is 7.38. The van der Waals surface area contributed by atoms with E-state index in [1.54, 1.807) is 0 Å². The van der Waals surface area contributed by atoms with Crippen LogP contribution in [0.2, 0.25) is 0 Å². The van der Waals surface area contributed by atoms with Gasteiger partial charge in [0.25, 0.3) is 0 Å². The van der Waals surface area contributed by atoms with Crippen molar-refractivity contribution in [3.8, 4) is 0 Å². The number of amides is 1. The second-order valence-corrected chi connectivity index (χ2v) is 11.7. The molecule has 1 N–H and O–H groups in total. The summed E-state index contributed by atoms with van der Waals surface area (Å²) >= 11 is 0. The number of nitrogens with one attached hydrogen (secondary N) is 1. The summed E-state index contributed by atoms with van der Waals surface area (Å²) in [7, 11) is 0. The Hall–Kier alpha value is -3.02. The lowest BCUT2D eigenvalue weighted by Crippen LogP contribution is -2.48. The topological polar surface area (TPSA) is 52.7 Å². The van der Waals surface area contributed by atoms with E-state index in [2.05, 4.69) is 64.5 Å². The van der Waals surface area contributed by atoms with Crippen LogP contribution in [0.1, 0.15) is 80.1 Å². The number of hydrogen-bond acceptors (Lipinski definition) is 4. The van der Waals surface area contributed by atoms with Gasteiger partial charge >= 0.3 is 0 Å². The summed E-state index contributed by atoms with van der Waals surface area (Å²) < 4.78 is 0. The minimum Gasteiger partial charge on any atom is -0.341 e. The summed E-state index contributed by atoms with van der Waals surface area (Å²) in [5.74, 6) is 0.744. The zero-order valence-electron chi connectivity index (χ0n) is 24.1. The monoisotopic (exact) mass is 539 g/mol. The summed E-state index contributed by atoms with van der Waals surface area (Å²) in [5.41, 5.74) is 2.08. The number of piperidine rings is 1. The van der Waals surface area contributed by atoms with Gasteiger partial charge in [-0.05, 0) is 74.0 Å². The van der Waals surface area contributed by atoms with Crippen molar-refractivity contribution in [2.75, 3.05) is 32.7 Å². The number of hydrogen-bond donors (Lipinski definition) is 1. The Morgan fingerprint density at radius 3 is 2.42 bits per heavy atom. The van der Waals surface area contributed by atoms with Crippen LogP contribution >= 0.6 is 0 Å². The average Bonchev–Trinajstić information content (AvgIpc) is 3.16. The lowest BCUT2D eigenvalue weighted by atomic mass is 9.95. The van der Waals surface area contributed by atoms with Crippen LogP contribution in [-0.4, -0.2) is 66.3 Å². The smallest absolute Gasteiger partial charge is 0.239 e. The van der Waals surface area contributed by atoms with E-state index in [1.807, 2.05) is 30.3 Å². The molecule has 0 aromatic heterocycles. The maximum absolute atomic E-state index is 13.9. The fourth-order valence-electron chi connectivity index (χ4n) is 6.47. The predicted octanol–water partition coefficient (Wildman–Crippen LogP) is 6.43. The van der Waals surface area contributed by atoms with E-state index >= 15 is 0 Å². The first-order valence-electron chi connectivity index (χ1n) is 15.4. The lowest BCUT2D eigenvalue weighted by molar-refractivity contribution is -0.133. The van der Waals surface area contributed by atoms with E-state index in [-0.39, 0.29) is 23.8 Å². The number of fused-ring (bicyclic) bond motifs is 1. The molecule has 5 nitrogen and oxygen atoms in total. The van der Waals surface area contributed by atoms with Crippen molar-refractivity contribution in [2.45, 2.75) is 76.3 Å². The van der Waals surface area contributed by atoms with Crippen LogP contribution in [0.4, 0.5) is 0 Å². The molecule has 1 amide bonds. The second kappa shape index (κ2) is 14.0. The Kier molecular flexibility index (Phi) is 10.0. The van der Waals surface area contributed by atoms with Gasteiger partial charge in [-0.2, -0.15) is 0 Å². The molecule has 2 aliphatic heterocycles. The first kappa shape index (κ1) is 28.5. The highest BCUT2D eigenvalue weighted by molar-refractivity contribution is 5.99. The van der Waals surface area contributed by atoms with Crippen molar-refractivity contribution in [1.82, 2.24) is 15.1 Å². The van der Waals surface area contributed by atoms with E-state index < -0.39 is 0 Å². The molecule has 5 heteroatoms. The highest BCUT2D eigenvalue weighted by atomic mass is 16.2. The number of rotatable bonds is 11. The van der Waals surface area contributed by atoms with Gasteiger partial charge in [0.05, 0.1) is 6.04 Å². The van der Waals surface area contributed by atoms with Crippen molar-refractivity contribution in [1.29, 1.82) is 0 Å². The number of ketones is 1. The quantitative estimate of drug-likeness (QED) is 0.285. The van der Waals surface area contributed by atoms with E-state index in [9.17, 15) is 9.59 Å². The lowest BCUT2D eigenvalue weighted by Gasteiger charge is -2.31. The second-order valence-electron chi connectivity index (χ2n) is 11.7. The van der Waals surface area contributed by atoms with Gasteiger partial charge in [-0.25, -0.2) is 0 Å². The van der Waals surface area contributed by atoms with E-state index in [1.165, 1.54) is 24.8 Å². The van der Waals surface area contributed by atoms with Crippen molar-refractivity contribution >= 4 is 22.5 Å². The molecule has 212 valence electrons. The zero-order chi connectivity index (χ0) is 27.7. The fourth-order valence-corrected chi connectivity index (χ4v) is 6.47. The van der Waals surface area contributed by atoms with Crippen LogP contribution in [-0.2, 0) is 4.79 Å². The molecule has 2 aliphatic rings. The first-order valence-corrected chi connectivity index (χ1v) is 15.4. The van der Waals surface area contributed by atoms with Gasteiger partial charge in [0.2, 0.25) is 5.91 Å². The Morgan fingerprint density at radius 1 is 0.900 bits per heavy atom. The molecule has 0 spiro atoms. The Balaban J connectivity index is 1.25. The highest BCUT2D eigenvalue weighted by Gasteiger charge is 2.32. The van der Waals surface area contributed by atoms with Crippen LogP contribution in [0.15, 0.2) is 72.8 Å². The van der Waals surface area contributed by atoms with Crippen LogP contribution < -0.4 is 5.32 Å². The SMILES string of the molecule is CC[C@H](CN1CC[C@@H](CCC(=O)c2ccc3ccccc3c2)N[C@@H](CCN2CCCCC2)C1=O)c1ccccc1. The fraction of sp³-hybridized carbons (Fsp3) is 0.486. The molecule has 0 radical (unpaired) electrons. The predicted molar refractivity (Wildman–Crippen MR) is 164 cm³/mol. The molecule has 3 aromatic carbocycles. The number of likely N-dealkylation sites (tertiary alicyclic amines) is 1. The van der Waals surface area contributed by atoms with Crippen molar-refractivity contribution < 1.29 is 9.59 Å². The molecule has 2 saturated heterocycles. The zero-order valence-corrected chi connectivity index (χ0v) is 24.1. The molecule has 0 unspecified atom stereocenters. The van der Waals surface area contributed by atoms with Gasteiger partial charge in [-0.3, -0.25) is 9.59 Å². The number of carbonyl (C=O) groups is 2. The molecule has 0 saturated carbocycles. The molecule has 40 heavy (non-hydrogen) atoms. The summed E-state index contributed by atoms with van der Waals surface area (Å²) in [4.78, 5) is 31.7. The maximum Gasteiger partial charge on any atom is 0.239 e. The van der Waals surface area contributed by atoms with Crippen molar-refractivity contribution in [3.63, 3.8) is 0 Å². The van der Waals surface area contributed by atoms with Gasteiger partial charge in [0, 0.05) is 43.6 Å². The average molecular weight is 540 g/mol. The molecule has 3 atom stereocenters. The standard InChI is InChI=1S/C35H45N3O2/c1-2-27(28-11-5-3-6-12-28)26-38-24-19-32(36-33(35(38)40)20-23-37-21-9-4-10-22-37)17-18-34(39)31-16-15-29-13-7-8-14-30(29)25-31/h3,5-8,11-16,25,27,32-33,36H,2,4,9-10,17-24,26H2,1H3/t27-,32-,33+/m1/s1. The summed E-state index contributed by atoms with van der Waals surface area (Å²) in [6, 6.07) is 24.7. The number of nitrogens with zero attached hydrogens (tertiary/aromatic N) is 2. The molecule has 2 fully saturated rings. The van der Waals surface area contributed by atoms with E-state index in [0.717, 1.165) is 74.7 Å². The molecular formula is C35H45N3O2. The number of carbonyl (C=O) groups excluding carboxylic acids is 2. The molecule has 3 aromatic rings. The normalized spacial score (nSPS) is 21.3.